The van der Waals surface area contributed by atoms with E-state index in [2.05, 4.69) is 20.9 Å². The fraction of sp³-hybridized carbons (Fsp3) is 0.357. The van der Waals surface area contributed by atoms with Gasteiger partial charge in [-0.05, 0) is 34.1 Å². The molecule has 2 heterocycles. The third-order valence-corrected chi connectivity index (χ3v) is 4.23. The summed E-state index contributed by atoms with van der Waals surface area (Å²) in [5.74, 6) is 2.35. The average molecular weight is 339 g/mol. The SMILES string of the molecule is Cn1c(-c2ccc3c(c2)OCCO3)nc(CCO)c1Br. The van der Waals surface area contributed by atoms with E-state index in [0.29, 0.717) is 19.6 Å². The van der Waals surface area contributed by atoms with Gasteiger partial charge in [-0.15, -0.1) is 0 Å². The van der Waals surface area contributed by atoms with E-state index in [9.17, 15) is 0 Å². The van der Waals surface area contributed by atoms with Crippen molar-refractivity contribution in [3.8, 4) is 22.9 Å². The molecular formula is C14H15BrN2O3. The summed E-state index contributed by atoms with van der Waals surface area (Å²) in [4.78, 5) is 4.58. The zero-order valence-corrected chi connectivity index (χ0v) is 12.7. The maximum atomic E-state index is 9.07. The molecule has 6 heteroatoms. The number of hydrogen-bond acceptors (Lipinski definition) is 4. The molecule has 0 aliphatic carbocycles. The van der Waals surface area contributed by atoms with Gasteiger partial charge >= 0.3 is 0 Å². The molecule has 0 saturated heterocycles. The zero-order valence-electron chi connectivity index (χ0n) is 11.1. The van der Waals surface area contributed by atoms with E-state index in [0.717, 1.165) is 33.2 Å². The van der Waals surface area contributed by atoms with Crippen LogP contribution in [0.1, 0.15) is 5.69 Å². The maximum Gasteiger partial charge on any atom is 0.162 e. The highest BCUT2D eigenvalue weighted by Crippen LogP contribution is 2.35. The average Bonchev–Trinajstić information content (AvgIpc) is 2.76. The smallest absolute Gasteiger partial charge is 0.162 e. The monoisotopic (exact) mass is 338 g/mol. The van der Waals surface area contributed by atoms with E-state index in [1.807, 2.05) is 29.8 Å². The van der Waals surface area contributed by atoms with E-state index in [4.69, 9.17) is 14.6 Å². The largest absolute Gasteiger partial charge is 0.486 e. The first-order chi connectivity index (χ1) is 9.70. The summed E-state index contributed by atoms with van der Waals surface area (Å²) >= 11 is 3.51. The van der Waals surface area contributed by atoms with Crippen molar-refractivity contribution in [2.24, 2.45) is 7.05 Å². The molecule has 1 aromatic heterocycles. The van der Waals surface area contributed by atoms with Crippen LogP contribution in [0.2, 0.25) is 0 Å². The summed E-state index contributed by atoms with van der Waals surface area (Å²) in [6.45, 7) is 1.23. The van der Waals surface area contributed by atoms with E-state index < -0.39 is 0 Å². The Hall–Kier alpha value is -1.53. The Morgan fingerprint density at radius 2 is 2.05 bits per heavy atom. The van der Waals surface area contributed by atoms with Crippen LogP contribution in [0.25, 0.3) is 11.4 Å². The molecule has 1 aromatic carbocycles. The molecule has 0 fully saturated rings. The summed E-state index contributed by atoms with van der Waals surface area (Å²) in [5, 5.41) is 9.07. The van der Waals surface area contributed by atoms with Crippen molar-refractivity contribution in [1.29, 1.82) is 0 Å². The van der Waals surface area contributed by atoms with Crippen molar-refractivity contribution in [2.75, 3.05) is 19.8 Å². The molecule has 20 heavy (non-hydrogen) atoms. The molecule has 0 radical (unpaired) electrons. The molecule has 3 rings (SSSR count). The van der Waals surface area contributed by atoms with E-state index >= 15 is 0 Å². The highest BCUT2D eigenvalue weighted by Gasteiger charge is 2.17. The molecule has 0 amide bonds. The van der Waals surface area contributed by atoms with Crippen LogP contribution in [0, 0.1) is 0 Å². The van der Waals surface area contributed by atoms with E-state index in [1.54, 1.807) is 0 Å². The minimum atomic E-state index is 0.0796. The van der Waals surface area contributed by atoms with Crippen molar-refractivity contribution in [1.82, 2.24) is 9.55 Å². The molecule has 2 aromatic rings. The number of aromatic nitrogens is 2. The first-order valence-corrected chi connectivity index (χ1v) is 7.22. The van der Waals surface area contributed by atoms with E-state index in [1.165, 1.54) is 0 Å². The number of benzene rings is 1. The number of halogens is 1. The van der Waals surface area contributed by atoms with Gasteiger partial charge in [0.1, 0.15) is 23.6 Å². The molecule has 106 valence electrons. The van der Waals surface area contributed by atoms with Crippen LogP contribution in [0.3, 0.4) is 0 Å². The highest BCUT2D eigenvalue weighted by atomic mass is 79.9. The first-order valence-electron chi connectivity index (χ1n) is 6.42. The maximum absolute atomic E-state index is 9.07. The second-order valence-electron chi connectivity index (χ2n) is 4.56. The number of nitrogens with zero attached hydrogens (tertiary/aromatic N) is 2. The summed E-state index contributed by atoms with van der Waals surface area (Å²) in [7, 11) is 1.93. The first kappa shape index (κ1) is 13.5. The van der Waals surface area contributed by atoms with Gasteiger partial charge in [-0.2, -0.15) is 0 Å². The van der Waals surface area contributed by atoms with Gasteiger partial charge < -0.3 is 19.1 Å². The standard InChI is InChI=1S/C14H15BrN2O3/c1-17-13(15)10(4-5-18)16-14(17)9-2-3-11-12(8-9)20-7-6-19-11/h2-3,8,18H,4-7H2,1H3. The van der Waals surface area contributed by atoms with Crippen LogP contribution in [0.4, 0.5) is 0 Å². The summed E-state index contributed by atoms with van der Waals surface area (Å²) in [5.41, 5.74) is 1.81. The molecule has 0 unspecified atom stereocenters. The van der Waals surface area contributed by atoms with Gasteiger partial charge in [-0.3, -0.25) is 0 Å². The Labute approximate surface area is 125 Å². The predicted octanol–water partition coefficient (Wildman–Crippen LogP) is 2.16. The fourth-order valence-electron chi connectivity index (χ4n) is 2.24. The molecule has 1 aliphatic rings. The van der Waals surface area contributed by atoms with Crippen molar-refractivity contribution in [3.05, 3.63) is 28.5 Å². The quantitative estimate of drug-likeness (QED) is 0.931. The third kappa shape index (κ3) is 2.29. The fourth-order valence-corrected chi connectivity index (χ4v) is 2.70. The molecule has 1 aliphatic heterocycles. The Bertz CT molecular complexity index is 640. The summed E-state index contributed by atoms with van der Waals surface area (Å²) < 4.78 is 14.0. The molecule has 1 N–H and O–H groups in total. The van der Waals surface area contributed by atoms with Crippen LogP contribution in [0.15, 0.2) is 22.8 Å². The number of aliphatic hydroxyl groups is 1. The topological polar surface area (TPSA) is 56.5 Å². The van der Waals surface area contributed by atoms with Crippen molar-refractivity contribution < 1.29 is 14.6 Å². The van der Waals surface area contributed by atoms with Gasteiger partial charge in [0.2, 0.25) is 0 Å². The summed E-state index contributed by atoms with van der Waals surface area (Å²) in [6, 6.07) is 5.80. The number of imidazole rings is 1. The Balaban J connectivity index is 2.02. The van der Waals surface area contributed by atoms with Crippen molar-refractivity contribution in [3.63, 3.8) is 0 Å². The molecule has 0 atom stereocenters. The van der Waals surface area contributed by atoms with Gasteiger partial charge in [0, 0.05) is 25.6 Å². The lowest BCUT2D eigenvalue weighted by molar-refractivity contribution is 0.171. The number of hydrogen-bond donors (Lipinski definition) is 1. The van der Waals surface area contributed by atoms with Crippen LogP contribution in [-0.4, -0.2) is 34.5 Å². The van der Waals surface area contributed by atoms with Gasteiger partial charge in [-0.1, -0.05) is 0 Å². The second kappa shape index (κ2) is 5.46. The molecular weight excluding hydrogens is 324 g/mol. The normalized spacial score (nSPS) is 13.6. The van der Waals surface area contributed by atoms with Gasteiger partial charge in [0.25, 0.3) is 0 Å². The van der Waals surface area contributed by atoms with Crippen LogP contribution < -0.4 is 9.47 Å². The van der Waals surface area contributed by atoms with Crippen molar-refractivity contribution >= 4 is 15.9 Å². The zero-order chi connectivity index (χ0) is 14.1. The number of rotatable bonds is 3. The Morgan fingerprint density at radius 1 is 1.30 bits per heavy atom. The lowest BCUT2D eigenvalue weighted by Crippen LogP contribution is -2.15. The summed E-state index contributed by atoms with van der Waals surface area (Å²) in [6.07, 6.45) is 0.527. The van der Waals surface area contributed by atoms with E-state index in [-0.39, 0.29) is 6.61 Å². The molecule has 5 nitrogen and oxygen atoms in total. The molecule has 0 saturated carbocycles. The highest BCUT2D eigenvalue weighted by molar-refractivity contribution is 9.10. The lowest BCUT2D eigenvalue weighted by atomic mass is 10.2. The Morgan fingerprint density at radius 3 is 2.80 bits per heavy atom. The molecule has 0 spiro atoms. The number of aliphatic hydroxyl groups excluding tert-OH is 1. The Kier molecular flexibility index (Phi) is 3.67. The van der Waals surface area contributed by atoms with Gasteiger partial charge in [0.05, 0.1) is 5.69 Å². The van der Waals surface area contributed by atoms with Gasteiger partial charge in [0.15, 0.2) is 11.5 Å². The van der Waals surface area contributed by atoms with Gasteiger partial charge in [-0.25, -0.2) is 4.98 Å². The van der Waals surface area contributed by atoms with Crippen LogP contribution in [-0.2, 0) is 13.5 Å². The second-order valence-corrected chi connectivity index (χ2v) is 5.32. The lowest BCUT2D eigenvalue weighted by Gasteiger charge is -2.18. The van der Waals surface area contributed by atoms with Crippen LogP contribution in [0.5, 0.6) is 11.5 Å². The number of fused-ring (bicyclic) bond motifs is 1. The van der Waals surface area contributed by atoms with Crippen molar-refractivity contribution in [2.45, 2.75) is 6.42 Å². The molecule has 0 bridgehead atoms. The predicted molar refractivity (Wildman–Crippen MR) is 78.1 cm³/mol. The minimum absolute atomic E-state index is 0.0796. The van der Waals surface area contributed by atoms with Crippen LogP contribution >= 0.6 is 15.9 Å². The third-order valence-electron chi connectivity index (χ3n) is 3.24. The number of ether oxygens (including phenoxy) is 2. The minimum Gasteiger partial charge on any atom is -0.486 e.